The molecule has 24 heavy (non-hydrogen) atoms. The van der Waals surface area contributed by atoms with E-state index in [2.05, 4.69) is 0 Å². The molecule has 152 valence electrons. The normalized spacial score (nSPS) is 11.5. The molecule has 0 aliphatic heterocycles. The molecule has 0 atom stereocenters. The van der Waals surface area contributed by atoms with Crippen molar-refractivity contribution in [1.29, 1.82) is 0 Å². The lowest BCUT2D eigenvalue weighted by atomic mass is 10.9. The standard InChI is InChI=1S/C7H18O3Si.C4H12O2Si.CH3Cl3Si.CH4/c1-5-8-11(4,9-6-2)10-7-3;1-5-7(3,4)6-2;1-5(2,3)4;/h5-7H2,1-4H3;1-4H3;1H3;1H4. The van der Waals surface area contributed by atoms with Crippen molar-refractivity contribution in [2.45, 2.75) is 54.4 Å². The van der Waals surface area contributed by atoms with Crippen LogP contribution in [0.25, 0.3) is 0 Å². The van der Waals surface area contributed by atoms with Crippen LogP contribution in [-0.4, -0.2) is 57.4 Å². The number of hydrogen-bond donors (Lipinski definition) is 0. The smallest absolute Gasteiger partial charge is 0.398 e. The van der Waals surface area contributed by atoms with Crippen molar-refractivity contribution >= 4 is 56.6 Å². The van der Waals surface area contributed by atoms with E-state index in [-0.39, 0.29) is 7.43 Å². The molecule has 0 heterocycles. The number of rotatable bonds is 8. The van der Waals surface area contributed by atoms with Gasteiger partial charge in [0.15, 0.2) is 0 Å². The van der Waals surface area contributed by atoms with Crippen molar-refractivity contribution in [3.63, 3.8) is 0 Å². The van der Waals surface area contributed by atoms with E-state index in [4.69, 9.17) is 55.4 Å². The Hall–Kier alpha value is 1.32. The van der Waals surface area contributed by atoms with E-state index < -0.39 is 23.4 Å². The molecule has 0 radical (unpaired) electrons. The van der Waals surface area contributed by atoms with E-state index in [1.54, 1.807) is 20.8 Å². The first-order valence-electron chi connectivity index (χ1n) is 7.39. The first kappa shape index (κ1) is 32.9. The van der Waals surface area contributed by atoms with Crippen LogP contribution in [0.1, 0.15) is 28.2 Å². The quantitative estimate of drug-likeness (QED) is 0.348. The van der Waals surface area contributed by atoms with E-state index in [1.165, 1.54) is 0 Å². The van der Waals surface area contributed by atoms with Gasteiger partial charge in [-0.3, -0.25) is 0 Å². The van der Waals surface area contributed by atoms with E-state index in [0.29, 0.717) is 19.8 Å². The molecule has 0 unspecified atom stereocenters. The van der Waals surface area contributed by atoms with Gasteiger partial charge in [-0.25, -0.2) is 0 Å². The molecular formula is C13H37Cl3O5Si3. The van der Waals surface area contributed by atoms with Gasteiger partial charge in [0, 0.05) is 40.6 Å². The molecule has 0 saturated carbocycles. The van der Waals surface area contributed by atoms with Crippen LogP contribution in [0.3, 0.4) is 0 Å². The summed E-state index contributed by atoms with van der Waals surface area (Å²) in [5.74, 6) is 0. The Kier molecular flexibility index (Phi) is 24.3. The van der Waals surface area contributed by atoms with Crippen LogP contribution in [0.15, 0.2) is 0 Å². The fourth-order valence-electron chi connectivity index (χ4n) is 0.995. The van der Waals surface area contributed by atoms with Crippen molar-refractivity contribution < 1.29 is 22.1 Å². The second kappa shape index (κ2) is 17.7. The van der Waals surface area contributed by atoms with Crippen LogP contribution in [0.2, 0.25) is 26.2 Å². The van der Waals surface area contributed by atoms with E-state index >= 15 is 0 Å². The highest BCUT2D eigenvalue weighted by molar-refractivity contribution is 7.64. The first-order valence-corrected chi connectivity index (χ1v) is 18.0. The maximum atomic E-state index is 5.40. The third-order valence-electron chi connectivity index (χ3n) is 2.20. The van der Waals surface area contributed by atoms with Crippen LogP contribution >= 0.6 is 33.2 Å². The Morgan fingerprint density at radius 2 is 0.875 bits per heavy atom. The van der Waals surface area contributed by atoms with Crippen molar-refractivity contribution in [2.24, 2.45) is 0 Å². The molecule has 0 saturated heterocycles. The van der Waals surface area contributed by atoms with Crippen LogP contribution in [0.4, 0.5) is 0 Å². The van der Waals surface area contributed by atoms with E-state index in [9.17, 15) is 0 Å². The largest absolute Gasteiger partial charge is 0.497 e. The lowest BCUT2D eigenvalue weighted by Crippen LogP contribution is -2.42. The Balaban J connectivity index is -0.000000133. The molecule has 0 aromatic rings. The number of halogens is 3. The van der Waals surface area contributed by atoms with Gasteiger partial charge in [-0.05, 0) is 40.4 Å². The Labute approximate surface area is 166 Å². The molecule has 11 heteroatoms. The summed E-state index contributed by atoms with van der Waals surface area (Å²) in [6, 6.07) is -2.19. The lowest BCUT2D eigenvalue weighted by molar-refractivity contribution is 0.0783. The lowest BCUT2D eigenvalue weighted by Gasteiger charge is -2.23. The van der Waals surface area contributed by atoms with Gasteiger partial charge < -0.3 is 22.1 Å². The summed E-state index contributed by atoms with van der Waals surface area (Å²) in [6.45, 7) is 15.3. The molecule has 0 aromatic carbocycles. The van der Waals surface area contributed by atoms with Crippen LogP contribution < -0.4 is 0 Å². The Bertz CT molecular complexity index is 241. The van der Waals surface area contributed by atoms with Gasteiger partial charge in [0.1, 0.15) is 0 Å². The summed E-state index contributed by atoms with van der Waals surface area (Å²) in [7, 11) is -0.548. The van der Waals surface area contributed by atoms with Gasteiger partial charge in [0.25, 0.3) is 0 Å². The molecule has 0 rings (SSSR count). The highest BCUT2D eigenvalue weighted by atomic mass is 35.8. The maximum Gasteiger partial charge on any atom is 0.497 e. The predicted molar refractivity (Wildman–Crippen MR) is 114 cm³/mol. The zero-order valence-corrected chi connectivity index (χ0v) is 21.1. The molecule has 0 N–H and O–H groups in total. The van der Waals surface area contributed by atoms with Gasteiger partial charge in [0.05, 0.1) is 0 Å². The predicted octanol–water partition coefficient (Wildman–Crippen LogP) is 5.55. The summed E-state index contributed by atoms with van der Waals surface area (Å²) in [5, 5.41) is 0. The third kappa shape index (κ3) is 31.1. The zero-order chi connectivity index (χ0) is 19.2. The minimum absolute atomic E-state index is 0. The van der Waals surface area contributed by atoms with Crippen LogP contribution in [0.5, 0.6) is 0 Å². The van der Waals surface area contributed by atoms with Gasteiger partial charge in [-0.2, -0.15) is 0 Å². The van der Waals surface area contributed by atoms with Crippen molar-refractivity contribution in [3.8, 4) is 0 Å². The van der Waals surface area contributed by atoms with Crippen LogP contribution in [0, 0.1) is 0 Å². The van der Waals surface area contributed by atoms with Gasteiger partial charge in [-0.1, -0.05) is 7.43 Å². The molecule has 0 aliphatic carbocycles. The zero-order valence-electron chi connectivity index (χ0n) is 15.8. The van der Waals surface area contributed by atoms with Gasteiger partial charge in [0.2, 0.25) is 0 Å². The van der Waals surface area contributed by atoms with Crippen molar-refractivity contribution in [1.82, 2.24) is 0 Å². The number of hydrogen-bond acceptors (Lipinski definition) is 5. The monoisotopic (exact) mass is 462 g/mol. The molecule has 0 bridgehead atoms. The molecular weight excluding hydrogens is 427 g/mol. The minimum Gasteiger partial charge on any atom is -0.398 e. The summed E-state index contributed by atoms with van der Waals surface area (Å²) in [5.41, 5.74) is 0. The molecule has 5 nitrogen and oxygen atoms in total. The maximum absolute atomic E-state index is 5.40. The first-order chi connectivity index (χ1) is 10.3. The third-order valence-corrected chi connectivity index (χ3v) is 6.61. The summed E-state index contributed by atoms with van der Waals surface area (Å²) in [4.78, 5) is 0. The second-order valence-electron chi connectivity index (χ2n) is 4.75. The van der Waals surface area contributed by atoms with E-state index in [0.717, 1.165) is 0 Å². The molecule has 0 fully saturated rings. The summed E-state index contributed by atoms with van der Waals surface area (Å²) < 4.78 is 26.2. The SMILES string of the molecule is C.CCO[Si](C)(OCC)OCC.CO[Si](C)(C)OC.C[Si](Cl)(Cl)Cl. The Morgan fingerprint density at radius 1 is 0.667 bits per heavy atom. The summed E-state index contributed by atoms with van der Waals surface area (Å²) in [6.07, 6.45) is 0. The fraction of sp³-hybridized carbons (Fsp3) is 1.00. The average molecular weight is 464 g/mol. The van der Waals surface area contributed by atoms with Gasteiger partial charge >= 0.3 is 23.4 Å². The topological polar surface area (TPSA) is 46.2 Å². The molecule has 0 spiro atoms. The highest BCUT2D eigenvalue weighted by Gasteiger charge is 2.32. The van der Waals surface area contributed by atoms with Crippen LogP contribution in [-0.2, 0) is 22.1 Å². The minimum atomic E-state index is -2.25. The van der Waals surface area contributed by atoms with Crippen molar-refractivity contribution in [3.05, 3.63) is 0 Å². The molecule has 0 aliphatic rings. The highest BCUT2D eigenvalue weighted by Crippen LogP contribution is 2.17. The van der Waals surface area contributed by atoms with E-state index in [1.807, 2.05) is 40.4 Å². The molecule has 0 aromatic heterocycles. The van der Waals surface area contributed by atoms with Gasteiger partial charge in [-0.15, -0.1) is 33.2 Å². The second-order valence-corrected chi connectivity index (χ2v) is 21.1. The molecule has 0 amide bonds. The fourth-order valence-corrected chi connectivity index (χ4v) is 2.98. The van der Waals surface area contributed by atoms with Crippen molar-refractivity contribution in [2.75, 3.05) is 34.0 Å². The Morgan fingerprint density at radius 3 is 0.958 bits per heavy atom. The average Bonchev–Trinajstić information content (AvgIpc) is 2.38. The summed E-state index contributed by atoms with van der Waals surface area (Å²) >= 11 is 15.6.